The van der Waals surface area contributed by atoms with Crippen LogP contribution in [-0.2, 0) is 13.0 Å². The number of nitrogens with one attached hydrogen (secondary N) is 2. The van der Waals surface area contributed by atoms with Crippen molar-refractivity contribution in [2.45, 2.75) is 25.8 Å². The minimum absolute atomic E-state index is 0.136. The van der Waals surface area contributed by atoms with Crippen LogP contribution in [0.15, 0.2) is 83.9 Å². The second-order valence-electron chi connectivity index (χ2n) is 8.22. The third-order valence-electron chi connectivity index (χ3n) is 6.32. The summed E-state index contributed by atoms with van der Waals surface area (Å²) in [4.78, 5) is 5.14. The van der Waals surface area contributed by atoms with E-state index in [0.717, 1.165) is 32.4 Å². The summed E-state index contributed by atoms with van der Waals surface area (Å²) in [5, 5.41) is 7.21. The highest BCUT2D eigenvalue weighted by Crippen LogP contribution is 2.41. The Balaban J connectivity index is 1.44. The first-order chi connectivity index (χ1) is 14.3. The minimum atomic E-state index is 0.136. The van der Waals surface area contributed by atoms with Gasteiger partial charge in [0, 0.05) is 11.1 Å². The third kappa shape index (κ3) is 3.70. The Hall–Kier alpha value is -2.91. The molecule has 2 aliphatic heterocycles. The van der Waals surface area contributed by atoms with E-state index in [9.17, 15) is 0 Å². The number of hydrogen-bond donors (Lipinski definition) is 2. The van der Waals surface area contributed by atoms with E-state index in [2.05, 4.69) is 89.5 Å². The lowest BCUT2D eigenvalue weighted by molar-refractivity contribution is 0.293. The van der Waals surface area contributed by atoms with Gasteiger partial charge in [0.2, 0.25) is 0 Å². The van der Waals surface area contributed by atoms with E-state index in [4.69, 9.17) is 4.99 Å². The summed E-state index contributed by atoms with van der Waals surface area (Å²) in [5.41, 5.74) is 6.52. The van der Waals surface area contributed by atoms with Crippen molar-refractivity contribution in [2.75, 3.05) is 18.4 Å². The molecule has 0 unspecified atom stereocenters. The molecule has 5 rings (SSSR count). The van der Waals surface area contributed by atoms with Gasteiger partial charge in [-0.05, 0) is 66.7 Å². The molecule has 3 heteroatoms. The number of aliphatic imine (C=N–C) groups is 1. The fourth-order valence-corrected chi connectivity index (χ4v) is 4.68. The summed E-state index contributed by atoms with van der Waals surface area (Å²) < 4.78 is 0. The second kappa shape index (κ2) is 7.84. The molecule has 146 valence electrons. The molecule has 2 N–H and O–H groups in total. The maximum absolute atomic E-state index is 5.14. The number of nitrogens with zero attached hydrogens (tertiary/aromatic N) is 1. The van der Waals surface area contributed by atoms with Crippen LogP contribution >= 0.6 is 0 Å². The number of fused-ring (bicyclic) bond motifs is 1. The molecule has 1 saturated heterocycles. The number of hydrogen-bond acceptors (Lipinski definition) is 2. The van der Waals surface area contributed by atoms with Gasteiger partial charge in [0.1, 0.15) is 5.84 Å². The van der Waals surface area contributed by atoms with E-state index in [1.807, 2.05) is 0 Å². The summed E-state index contributed by atoms with van der Waals surface area (Å²) in [7, 11) is 0. The number of amidine groups is 1. The molecule has 0 radical (unpaired) electrons. The largest absolute Gasteiger partial charge is 0.343 e. The molecule has 0 atom stereocenters. The maximum atomic E-state index is 5.14. The summed E-state index contributed by atoms with van der Waals surface area (Å²) >= 11 is 0. The van der Waals surface area contributed by atoms with Crippen molar-refractivity contribution in [3.63, 3.8) is 0 Å². The molecule has 3 nitrogen and oxygen atoms in total. The van der Waals surface area contributed by atoms with Crippen LogP contribution in [0.1, 0.15) is 24.0 Å². The standard InChI is InChI=1S/C26H27N3/c1-2-8-21(9-3-1)22-11-6-7-20(17-22)19-28-25-26(13-15-27-16-14-26)18-23-10-4-5-12-24(23)29-25/h1-12,17,27H,13-16,18-19H2,(H,28,29). The molecule has 0 aliphatic carbocycles. The molecule has 0 aromatic heterocycles. The van der Waals surface area contributed by atoms with Crippen molar-refractivity contribution in [3.05, 3.63) is 90.0 Å². The van der Waals surface area contributed by atoms with Gasteiger partial charge in [0.05, 0.1) is 6.54 Å². The molecule has 0 amide bonds. The highest BCUT2D eigenvalue weighted by atomic mass is 15.0. The molecule has 3 aromatic carbocycles. The Morgan fingerprint density at radius 2 is 1.55 bits per heavy atom. The van der Waals surface area contributed by atoms with Gasteiger partial charge >= 0.3 is 0 Å². The number of para-hydroxylation sites is 1. The summed E-state index contributed by atoms with van der Waals surface area (Å²) in [6.45, 7) is 2.83. The predicted molar refractivity (Wildman–Crippen MR) is 121 cm³/mol. The highest BCUT2D eigenvalue weighted by Gasteiger charge is 2.40. The molecule has 1 fully saturated rings. The van der Waals surface area contributed by atoms with E-state index in [1.54, 1.807) is 0 Å². The number of benzene rings is 3. The number of piperidine rings is 1. The van der Waals surface area contributed by atoms with Gasteiger partial charge in [-0.1, -0.05) is 66.7 Å². The molecular weight excluding hydrogens is 354 g/mol. The van der Waals surface area contributed by atoms with E-state index < -0.39 is 0 Å². The van der Waals surface area contributed by atoms with Crippen molar-refractivity contribution in [2.24, 2.45) is 10.4 Å². The van der Waals surface area contributed by atoms with Crippen molar-refractivity contribution < 1.29 is 0 Å². The predicted octanol–water partition coefficient (Wildman–Crippen LogP) is 5.29. The fourth-order valence-electron chi connectivity index (χ4n) is 4.68. The lowest BCUT2D eigenvalue weighted by Gasteiger charge is -2.42. The van der Waals surface area contributed by atoms with Crippen molar-refractivity contribution in [1.29, 1.82) is 0 Å². The van der Waals surface area contributed by atoms with Gasteiger partial charge in [-0.15, -0.1) is 0 Å². The zero-order valence-corrected chi connectivity index (χ0v) is 16.7. The summed E-state index contributed by atoms with van der Waals surface area (Å²) in [6, 6.07) is 28.0. The Labute approximate surface area is 172 Å². The van der Waals surface area contributed by atoms with Crippen LogP contribution in [-0.4, -0.2) is 18.9 Å². The summed E-state index contributed by atoms with van der Waals surface area (Å²) in [6.07, 6.45) is 3.36. The van der Waals surface area contributed by atoms with Crippen LogP contribution in [0.3, 0.4) is 0 Å². The zero-order valence-electron chi connectivity index (χ0n) is 16.7. The molecule has 29 heavy (non-hydrogen) atoms. The molecule has 2 heterocycles. The van der Waals surface area contributed by atoms with E-state index in [0.29, 0.717) is 6.54 Å². The highest BCUT2D eigenvalue weighted by molar-refractivity contribution is 6.02. The quantitative estimate of drug-likeness (QED) is 0.647. The lowest BCUT2D eigenvalue weighted by Crippen LogP contribution is -2.48. The molecule has 3 aromatic rings. The van der Waals surface area contributed by atoms with Gasteiger partial charge in [0.15, 0.2) is 0 Å². The van der Waals surface area contributed by atoms with Crippen LogP contribution in [0.2, 0.25) is 0 Å². The van der Waals surface area contributed by atoms with Gasteiger partial charge < -0.3 is 10.6 Å². The molecule has 2 aliphatic rings. The molecule has 1 spiro atoms. The van der Waals surface area contributed by atoms with E-state index in [-0.39, 0.29) is 5.41 Å². The van der Waals surface area contributed by atoms with Crippen LogP contribution in [0.4, 0.5) is 5.69 Å². The number of anilines is 1. The Morgan fingerprint density at radius 3 is 2.41 bits per heavy atom. The molecule has 0 saturated carbocycles. The Kier molecular flexibility index (Phi) is 4.91. The monoisotopic (exact) mass is 381 g/mol. The van der Waals surface area contributed by atoms with Crippen LogP contribution < -0.4 is 10.6 Å². The van der Waals surface area contributed by atoms with Gasteiger partial charge in [0.25, 0.3) is 0 Å². The first-order valence-electron chi connectivity index (χ1n) is 10.6. The maximum Gasteiger partial charge on any atom is 0.108 e. The molecular formula is C26H27N3. The zero-order chi connectivity index (χ0) is 19.5. The van der Waals surface area contributed by atoms with Crippen molar-refractivity contribution >= 4 is 11.5 Å². The fraction of sp³-hybridized carbons (Fsp3) is 0.269. The number of rotatable bonds is 3. The van der Waals surface area contributed by atoms with Gasteiger partial charge in [-0.3, -0.25) is 4.99 Å². The Morgan fingerprint density at radius 1 is 0.793 bits per heavy atom. The first-order valence-corrected chi connectivity index (χ1v) is 10.6. The van der Waals surface area contributed by atoms with Crippen LogP contribution in [0.25, 0.3) is 11.1 Å². The average molecular weight is 382 g/mol. The smallest absolute Gasteiger partial charge is 0.108 e. The molecule has 0 bridgehead atoms. The first kappa shape index (κ1) is 18.1. The Bertz CT molecular complexity index is 1020. The normalized spacial score (nSPS) is 19.0. The lowest BCUT2D eigenvalue weighted by atomic mass is 9.71. The van der Waals surface area contributed by atoms with Crippen molar-refractivity contribution in [3.8, 4) is 11.1 Å². The topological polar surface area (TPSA) is 36.4 Å². The van der Waals surface area contributed by atoms with Crippen LogP contribution in [0, 0.1) is 5.41 Å². The summed E-state index contributed by atoms with van der Waals surface area (Å²) in [5.74, 6) is 1.17. The van der Waals surface area contributed by atoms with Gasteiger partial charge in [-0.2, -0.15) is 0 Å². The van der Waals surface area contributed by atoms with Crippen LogP contribution in [0.5, 0.6) is 0 Å². The average Bonchev–Trinajstić information content (AvgIpc) is 2.79. The minimum Gasteiger partial charge on any atom is -0.343 e. The van der Waals surface area contributed by atoms with Gasteiger partial charge in [-0.25, -0.2) is 0 Å². The SMILES string of the molecule is c1ccc(-c2cccc(CN=C3Nc4ccccc4CC34CCNCC4)c2)cc1. The third-order valence-corrected chi connectivity index (χ3v) is 6.32. The van der Waals surface area contributed by atoms with E-state index in [1.165, 1.54) is 33.8 Å². The second-order valence-corrected chi connectivity index (χ2v) is 8.22. The van der Waals surface area contributed by atoms with Crippen molar-refractivity contribution in [1.82, 2.24) is 5.32 Å². The van der Waals surface area contributed by atoms with E-state index >= 15 is 0 Å².